The van der Waals surface area contributed by atoms with E-state index in [0.29, 0.717) is 0 Å². The number of alkyl carbamates (subject to hydrolysis) is 1. The summed E-state index contributed by atoms with van der Waals surface area (Å²) in [6.07, 6.45) is 5.04. The van der Waals surface area contributed by atoms with Crippen LogP contribution in [-0.2, 0) is 29.3 Å². The predicted octanol–water partition coefficient (Wildman–Crippen LogP) is 4.53. The Hall–Kier alpha value is -2.32. The van der Waals surface area contributed by atoms with Gasteiger partial charge in [-0.1, -0.05) is 19.3 Å². The summed E-state index contributed by atoms with van der Waals surface area (Å²) in [4.78, 5) is 25.5. The molecule has 1 atom stereocenters. The number of amides is 2. The molecule has 0 radical (unpaired) electrons. The molecule has 0 heterocycles. The van der Waals surface area contributed by atoms with Gasteiger partial charge in [0.05, 0.1) is 5.69 Å². The van der Waals surface area contributed by atoms with E-state index in [9.17, 15) is 31.0 Å². The summed E-state index contributed by atoms with van der Waals surface area (Å²) in [6, 6.07) is 1.95. The van der Waals surface area contributed by atoms with E-state index in [-0.39, 0.29) is 22.2 Å². The largest absolute Gasteiger partial charge is 0.444 e. The lowest BCUT2D eigenvalue weighted by atomic mass is 9.83. The number of anilines is 1. The van der Waals surface area contributed by atoms with E-state index in [4.69, 9.17) is 4.74 Å². The van der Waals surface area contributed by atoms with Crippen LogP contribution in [-0.4, -0.2) is 60.7 Å². The Morgan fingerprint density at radius 1 is 1.08 bits per heavy atom. The van der Waals surface area contributed by atoms with E-state index in [1.807, 2.05) is 0 Å². The molecule has 1 aromatic carbocycles. The third-order valence-corrected chi connectivity index (χ3v) is 8.53. The van der Waals surface area contributed by atoms with Gasteiger partial charge in [-0.15, -0.1) is 0 Å². The third kappa shape index (κ3) is 9.38. The first-order valence-corrected chi connectivity index (χ1v) is 16.7. The number of halogens is 2. The number of rotatable bonds is 8. The summed E-state index contributed by atoms with van der Waals surface area (Å²) in [5.41, 5.74) is -0.772. The monoisotopic (exact) mass is 592 g/mol. The molecule has 0 aliphatic heterocycles. The Labute approximate surface area is 229 Å². The van der Waals surface area contributed by atoms with Gasteiger partial charge in [0.15, 0.2) is 0 Å². The quantitative estimate of drug-likeness (QED) is 0.405. The molecule has 3 rings (SSSR count). The molecule has 0 bridgehead atoms. The van der Waals surface area contributed by atoms with Crippen molar-refractivity contribution >= 4 is 43.1 Å². The van der Waals surface area contributed by atoms with Crippen LogP contribution in [0.25, 0.3) is 0 Å². The van der Waals surface area contributed by atoms with Crippen molar-refractivity contribution in [2.45, 2.75) is 94.2 Å². The number of benzene rings is 1. The average molecular weight is 593 g/mol. The van der Waals surface area contributed by atoms with Crippen LogP contribution < -0.4 is 15.4 Å². The number of nitrogens with zero attached hydrogens (tertiary/aromatic N) is 1. The molecule has 0 unspecified atom stereocenters. The van der Waals surface area contributed by atoms with Crippen molar-refractivity contribution in [2.24, 2.45) is 10.3 Å². The minimum Gasteiger partial charge on any atom is -0.444 e. The Kier molecular flexibility index (Phi) is 9.33. The Balaban J connectivity index is 1.87. The molecule has 2 aliphatic rings. The number of carbonyl (C=O) groups is 2. The summed E-state index contributed by atoms with van der Waals surface area (Å²) in [5.74, 6) is -3.56. The van der Waals surface area contributed by atoms with Crippen molar-refractivity contribution in [3.63, 3.8) is 0 Å². The molecule has 0 saturated heterocycles. The van der Waals surface area contributed by atoms with Gasteiger partial charge in [-0.2, -0.15) is 4.36 Å². The number of alkyl halides is 2. The lowest BCUT2D eigenvalue weighted by Gasteiger charge is -2.35. The molecular weight excluding hydrogens is 554 g/mol. The predicted molar refractivity (Wildman–Crippen MR) is 145 cm³/mol. The summed E-state index contributed by atoms with van der Waals surface area (Å²) in [7, 11) is -7.11. The maximum atomic E-state index is 13.4. The van der Waals surface area contributed by atoms with Crippen molar-refractivity contribution in [3.05, 3.63) is 18.2 Å². The van der Waals surface area contributed by atoms with E-state index >= 15 is 0 Å². The van der Waals surface area contributed by atoms with E-state index in [1.165, 1.54) is 30.7 Å². The van der Waals surface area contributed by atoms with Gasteiger partial charge in [0, 0.05) is 46.8 Å². The maximum absolute atomic E-state index is 13.4. The lowest BCUT2D eigenvalue weighted by Crippen LogP contribution is -2.50. The highest BCUT2D eigenvalue weighted by Crippen LogP contribution is 2.39. The lowest BCUT2D eigenvalue weighted by molar-refractivity contribution is -0.119. The molecule has 220 valence electrons. The summed E-state index contributed by atoms with van der Waals surface area (Å²) in [6.45, 7) is 5.15. The van der Waals surface area contributed by atoms with Crippen molar-refractivity contribution in [3.8, 4) is 0 Å². The normalized spacial score (nSPS) is 19.5. The molecule has 1 aromatic rings. The number of carbonyl (C=O) groups excluding carboxylic acids is 2. The molecule has 2 aliphatic carbocycles. The van der Waals surface area contributed by atoms with Crippen LogP contribution in [0.15, 0.2) is 27.5 Å². The molecule has 2 saturated carbocycles. The van der Waals surface area contributed by atoms with Crippen LogP contribution in [0.2, 0.25) is 0 Å². The first kappa shape index (κ1) is 31.2. The molecular formula is C25H38F2N4O6S2. The Bertz CT molecular complexity index is 1300. The topological polar surface area (TPSA) is 143 Å². The van der Waals surface area contributed by atoms with Crippen molar-refractivity contribution in [2.75, 3.05) is 17.8 Å². The number of hydrogen-bond donors (Lipinski definition) is 3. The van der Waals surface area contributed by atoms with Crippen molar-refractivity contribution in [1.29, 1.82) is 0 Å². The molecule has 2 amide bonds. The van der Waals surface area contributed by atoms with Gasteiger partial charge in [0.25, 0.3) is 5.92 Å². The average Bonchev–Trinajstić information content (AvgIpc) is 2.74. The van der Waals surface area contributed by atoms with Crippen LogP contribution in [0.1, 0.15) is 65.7 Å². The summed E-state index contributed by atoms with van der Waals surface area (Å²) >= 11 is 0. The van der Waals surface area contributed by atoms with Crippen molar-refractivity contribution < 1.29 is 35.7 Å². The van der Waals surface area contributed by atoms with E-state index in [2.05, 4.69) is 19.7 Å². The highest BCUT2D eigenvalue weighted by atomic mass is 32.2. The summed E-state index contributed by atoms with van der Waals surface area (Å²) in [5, 5.41) is 5.39. The fourth-order valence-electron chi connectivity index (χ4n) is 4.68. The van der Waals surface area contributed by atoms with Gasteiger partial charge in [-0.25, -0.2) is 30.9 Å². The smallest absolute Gasteiger partial charge is 0.408 e. The SMILES string of the molecule is CC(C)(C)OC(=O)N[C@H](C(=O)Nc1ccc(S(=O)(=O)NC2CC(F)(F)C2)c(N=S(C)(C)=O)c1)C1CCCCC1. The number of sulfonamides is 1. The fourth-order valence-corrected chi connectivity index (χ4v) is 6.72. The zero-order valence-electron chi connectivity index (χ0n) is 22.9. The van der Waals surface area contributed by atoms with Gasteiger partial charge in [-0.05, 0) is 57.7 Å². The molecule has 3 N–H and O–H groups in total. The zero-order chi connectivity index (χ0) is 29.2. The standard InChI is InChI=1S/C25H38F2N4O6S2/c1-24(2,3)37-23(33)29-21(16-9-7-6-8-10-16)22(32)28-17-11-12-20(19(13-17)31-38(4,5)34)39(35,36)30-18-14-25(26,27)15-18/h11-13,16,18,21,30H,6-10,14-15H2,1-5H3,(H,28,32)(H,29,33)/t21-/m0/s1. The van der Waals surface area contributed by atoms with E-state index in [0.717, 1.165) is 32.1 Å². The van der Waals surface area contributed by atoms with Gasteiger partial charge in [0.2, 0.25) is 15.9 Å². The van der Waals surface area contributed by atoms with Gasteiger partial charge in [-0.3, -0.25) is 4.79 Å². The minimum absolute atomic E-state index is 0.120. The van der Waals surface area contributed by atoms with E-state index < -0.39 is 68.2 Å². The van der Waals surface area contributed by atoms with Crippen molar-refractivity contribution in [1.82, 2.24) is 10.0 Å². The fraction of sp³-hybridized carbons (Fsp3) is 0.680. The second kappa shape index (κ2) is 11.7. The Morgan fingerprint density at radius 3 is 2.23 bits per heavy atom. The molecule has 39 heavy (non-hydrogen) atoms. The van der Waals surface area contributed by atoms with Gasteiger partial charge < -0.3 is 15.4 Å². The molecule has 10 nitrogen and oxygen atoms in total. The first-order chi connectivity index (χ1) is 17.8. The zero-order valence-corrected chi connectivity index (χ0v) is 24.5. The summed E-state index contributed by atoms with van der Waals surface area (Å²) < 4.78 is 76.5. The molecule has 14 heteroatoms. The third-order valence-electron chi connectivity index (χ3n) is 6.32. The Morgan fingerprint density at radius 2 is 1.69 bits per heavy atom. The molecule has 0 aromatic heterocycles. The minimum atomic E-state index is -4.27. The number of ether oxygens (including phenoxy) is 1. The number of nitrogens with one attached hydrogen (secondary N) is 3. The van der Waals surface area contributed by atoms with Crippen LogP contribution >= 0.6 is 0 Å². The van der Waals surface area contributed by atoms with Crippen LogP contribution in [0.3, 0.4) is 0 Å². The highest BCUT2D eigenvalue weighted by molar-refractivity contribution is 7.92. The van der Waals surface area contributed by atoms with Gasteiger partial charge in [0.1, 0.15) is 16.5 Å². The second-order valence-electron chi connectivity index (χ2n) is 11.5. The second-order valence-corrected chi connectivity index (χ2v) is 15.8. The van der Waals surface area contributed by atoms with Gasteiger partial charge >= 0.3 is 6.09 Å². The molecule has 2 fully saturated rings. The molecule has 0 spiro atoms. The van der Waals surface area contributed by atoms with Crippen LogP contribution in [0.4, 0.5) is 25.0 Å². The van der Waals surface area contributed by atoms with Crippen LogP contribution in [0.5, 0.6) is 0 Å². The first-order valence-electron chi connectivity index (χ1n) is 12.9. The number of hydrogen-bond acceptors (Lipinski definition) is 7. The highest BCUT2D eigenvalue weighted by Gasteiger charge is 2.47. The van der Waals surface area contributed by atoms with E-state index in [1.54, 1.807) is 20.8 Å². The maximum Gasteiger partial charge on any atom is 0.408 e. The van der Waals surface area contributed by atoms with Crippen LogP contribution in [0, 0.1) is 5.92 Å².